The highest BCUT2D eigenvalue weighted by Gasteiger charge is 2.13. The van der Waals surface area contributed by atoms with E-state index >= 15 is 0 Å². The summed E-state index contributed by atoms with van der Waals surface area (Å²) < 4.78 is 11.1. The molecule has 1 aliphatic heterocycles. The molecule has 0 unspecified atom stereocenters. The Labute approximate surface area is 165 Å². The first kappa shape index (κ1) is 21.7. The van der Waals surface area contributed by atoms with Crippen molar-refractivity contribution >= 4 is 23.2 Å². The fraction of sp³-hybridized carbons (Fsp3) is 0.684. The van der Waals surface area contributed by atoms with Crippen LogP contribution in [0.15, 0.2) is 22.5 Å². The predicted molar refractivity (Wildman–Crippen MR) is 110 cm³/mol. The summed E-state index contributed by atoms with van der Waals surface area (Å²) in [5.74, 6) is 1.43. The Morgan fingerprint density at radius 2 is 1.96 bits per heavy atom. The van der Waals surface area contributed by atoms with Crippen LogP contribution in [0, 0.1) is 5.92 Å². The molecule has 0 aromatic carbocycles. The summed E-state index contributed by atoms with van der Waals surface area (Å²) in [7, 11) is 1.76. The third-order valence-corrected chi connectivity index (χ3v) is 5.22. The molecule has 0 saturated carbocycles. The molecule has 27 heavy (non-hydrogen) atoms. The number of guanidine groups is 1. The Kier molecular flexibility index (Phi) is 10.8. The first-order valence-corrected chi connectivity index (χ1v) is 10.6. The van der Waals surface area contributed by atoms with E-state index in [0.29, 0.717) is 12.5 Å². The normalized spacial score (nSPS) is 15.5. The van der Waals surface area contributed by atoms with Gasteiger partial charge in [0, 0.05) is 53.1 Å². The van der Waals surface area contributed by atoms with Crippen LogP contribution in [-0.2, 0) is 9.47 Å². The summed E-state index contributed by atoms with van der Waals surface area (Å²) in [5.41, 5.74) is 0. The Morgan fingerprint density at radius 1 is 1.22 bits per heavy atom. The van der Waals surface area contributed by atoms with Crippen LogP contribution in [0.2, 0.25) is 0 Å². The van der Waals surface area contributed by atoms with Gasteiger partial charge < -0.3 is 25.4 Å². The quantitative estimate of drug-likeness (QED) is 0.302. The number of amides is 1. The SMILES string of the molecule is CN=C(NCCCNC(=O)c1cccs1)NCCCOCC1CCOCC1. The largest absolute Gasteiger partial charge is 0.381 e. The third kappa shape index (κ3) is 9.21. The molecule has 0 aliphatic carbocycles. The van der Waals surface area contributed by atoms with Gasteiger partial charge in [-0.15, -0.1) is 11.3 Å². The predicted octanol–water partition coefficient (Wildman–Crippen LogP) is 1.87. The van der Waals surface area contributed by atoms with E-state index in [2.05, 4.69) is 20.9 Å². The minimum atomic E-state index is -0.00624. The molecular weight excluding hydrogens is 364 g/mol. The molecular formula is C19H32N4O3S. The molecule has 0 radical (unpaired) electrons. The molecule has 0 atom stereocenters. The zero-order valence-electron chi connectivity index (χ0n) is 16.2. The van der Waals surface area contributed by atoms with Crippen molar-refractivity contribution in [2.24, 2.45) is 10.9 Å². The van der Waals surface area contributed by atoms with Crippen molar-refractivity contribution in [1.29, 1.82) is 0 Å². The van der Waals surface area contributed by atoms with Crippen LogP contribution in [0.25, 0.3) is 0 Å². The van der Waals surface area contributed by atoms with Gasteiger partial charge in [-0.2, -0.15) is 0 Å². The first-order chi connectivity index (χ1) is 13.3. The average Bonchev–Trinajstić information content (AvgIpc) is 3.24. The molecule has 2 heterocycles. The zero-order valence-corrected chi connectivity index (χ0v) is 17.0. The Bertz CT molecular complexity index is 545. The van der Waals surface area contributed by atoms with E-state index in [9.17, 15) is 4.79 Å². The number of carbonyl (C=O) groups excluding carboxylic acids is 1. The Balaban J connectivity index is 1.42. The lowest BCUT2D eigenvalue weighted by molar-refractivity contribution is 0.0203. The van der Waals surface area contributed by atoms with Crippen LogP contribution >= 0.6 is 11.3 Å². The minimum Gasteiger partial charge on any atom is -0.381 e. The Hall–Kier alpha value is -1.64. The molecule has 0 spiro atoms. The molecule has 3 N–H and O–H groups in total. The molecule has 1 amide bonds. The molecule has 1 aromatic heterocycles. The number of thiophene rings is 1. The number of rotatable bonds is 11. The van der Waals surface area contributed by atoms with Gasteiger partial charge in [0.05, 0.1) is 4.88 Å². The highest BCUT2D eigenvalue weighted by Crippen LogP contribution is 2.14. The maximum Gasteiger partial charge on any atom is 0.261 e. The van der Waals surface area contributed by atoms with Gasteiger partial charge in [-0.1, -0.05) is 6.07 Å². The second-order valence-electron chi connectivity index (χ2n) is 6.50. The summed E-state index contributed by atoms with van der Waals surface area (Å²) >= 11 is 1.45. The van der Waals surface area contributed by atoms with Gasteiger partial charge in [0.2, 0.25) is 0 Å². The topological polar surface area (TPSA) is 84.0 Å². The van der Waals surface area contributed by atoms with Crippen molar-refractivity contribution in [3.05, 3.63) is 22.4 Å². The number of carbonyl (C=O) groups is 1. The number of nitrogens with one attached hydrogen (secondary N) is 3. The number of hydrogen-bond donors (Lipinski definition) is 3. The monoisotopic (exact) mass is 396 g/mol. The van der Waals surface area contributed by atoms with E-state index in [4.69, 9.17) is 9.47 Å². The first-order valence-electron chi connectivity index (χ1n) is 9.71. The molecule has 7 nitrogen and oxygen atoms in total. The summed E-state index contributed by atoms with van der Waals surface area (Å²) in [6.07, 6.45) is 4.01. The molecule has 0 bridgehead atoms. The van der Waals surface area contributed by atoms with Gasteiger partial charge in [0.15, 0.2) is 5.96 Å². The van der Waals surface area contributed by atoms with Crippen LogP contribution < -0.4 is 16.0 Å². The van der Waals surface area contributed by atoms with Gasteiger partial charge in [-0.3, -0.25) is 9.79 Å². The van der Waals surface area contributed by atoms with Crippen LogP contribution in [-0.4, -0.2) is 65.0 Å². The molecule has 1 aliphatic rings. The lowest BCUT2D eigenvalue weighted by atomic mass is 10.0. The molecule has 8 heteroatoms. The zero-order chi connectivity index (χ0) is 19.2. The van der Waals surface area contributed by atoms with Crippen LogP contribution in [0.4, 0.5) is 0 Å². The molecule has 1 fully saturated rings. The fourth-order valence-electron chi connectivity index (χ4n) is 2.76. The van der Waals surface area contributed by atoms with Crippen molar-refractivity contribution in [2.45, 2.75) is 25.7 Å². The smallest absolute Gasteiger partial charge is 0.261 e. The molecule has 2 rings (SSSR count). The van der Waals surface area contributed by atoms with Gasteiger partial charge in [0.25, 0.3) is 5.91 Å². The van der Waals surface area contributed by atoms with Crippen LogP contribution in [0.3, 0.4) is 0 Å². The number of ether oxygens (including phenoxy) is 2. The van der Waals surface area contributed by atoms with E-state index in [-0.39, 0.29) is 5.91 Å². The van der Waals surface area contributed by atoms with Crippen molar-refractivity contribution in [1.82, 2.24) is 16.0 Å². The van der Waals surface area contributed by atoms with Gasteiger partial charge in [-0.05, 0) is 43.0 Å². The summed E-state index contributed by atoms with van der Waals surface area (Å²) in [6.45, 7) is 5.56. The van der Waals surface area contributed by atoms with Gasteiger partial charge in [-0.25, -0.2) is 0 Å². The summed E-state index contributed by atoms with van der Waals surface area (Å²) in [6, 6.07) is 3.71. The minimum absolute atomic E-state index is 0.00624. The summed E-state index contributed by atoms with van der Waals surface area (Å²) in [4.78, 5) is 16.8. The van der Waals surface area contributed by atoms with Gasteiger partial charge in [0.1, 0.15) is 0 Å². The maximum absolute atomic E-state index is 11.8. The lowest BCUT2D eigenvalue weighted by Gasteiger charge is -2.21. The van der Waals surface area contributed by atoms with Crippen molar-refractivity contribution in [2.75, 3.05) is 53.1 Å². The maximum atomic E-state index is 11.8. The van der Waals surface area contributed by atoms with E-state index in [1.165, 1.54) is 11.3 Å². The highest BCUT2D eigenvalue weighted by molar-refractivity contribution is 7.12. The van der Waals surface area contributed by atoms with Crippen LogP contribution in [0.5, 0.6) is 0 Å². The van der Waals surface area contributed by atoms with E-state index in [0.717, 1.165) is 76.0 Å². The molecule has 1 aromatic rings. The van der Waals surface area contributed by atoms with Crippen LogP contribution in [0.1, 0.15) is 35.4 Å². The molecule has 1 saturated heterocycles. The second kappa shape index (κ2) is 13.5. The van der Waals surface area contributed by atoms with Crippen molar-refractivity contribution in [3.63, 3.8) is 0 Å². The molecule has 152 valence electrons. The summed E-state index contributed by atoms with van der Waals surface area (Å²) in [5, 5.41) is 11.4. The number of aliphatic imine (C=N–C) groups is 1. The third-order valence-electron chi connectivity index (χ3n) is 4.35. The number of hydrogen-bond acceptors (Lipinski definition) is 5. The average molecular weight is 397 g/mol. The second-order valence-corrected chi connectivity index (χ2v) is 7.44. The van der Waals surface area contributed by atoms with Crippen molar-refractivity contribution < 1.29 is 14.3 Å². The fourth-order valence-corrected chi connectivity index (χ4v) is 3.40. The van der Waals surface area contributed by atoms with Gasteiger partial charge >= 0.3 is 0 Å². The standard InChI is InChI=1S/C19H32N4O3S/c1-20-19(22-9-3-8-21-18(24)17-5-2-14-27-17)23-10-4-11-26-15-16-6-12-25-13-7-16/h2,5,14,16H,3-4,6-13,15H2,1H3,(H,21,24)(H2,20,22,23). The van der Waals surface area contributed by atoms with E-state index in [1.54, 1.807) is 7.05 Å². The van der Waals surface area contributed by atoms with E-state index < -0.39 is 0 Å². The van der Waals surface area contributed by atoms with E-state index in [1.807, 2.05) is 17.5 Å². The Morgan fingerprint density at radius 3 is 2.67 bits per heavy atom. The number of nitrogens with zero attached hydrogens (tertiary/aromatic N) is 1. The van der Waals surface area contributed by atoms with Crippen molar-refractivity contribution in [3.8, 4) is 0 Å². The highest BCUT2D eigenvalue weighted by atomic mass is 32.1. The lowest BCUT2D eigenvalue weighted by Crippen LogP contribution is -2.39.